The molecule has 42 heavy (non-hydrogen) atoms. The van der Waals surface area contributed by atoms with Gasteiger partial charge < -0.3 is 19.4 Å². The number of rotatable bonds is 8. The standard InChI is InChI=1S/C33H34FN5O3/c1-24-7-3-4-10-29(24)33(41)39(22-25-11-13-27(34)14-12-25)23-32(40)38-18-6-17-37(19-20-38)31-16-15-30(35-36-31)26-8-5-9-28(21-26)42-2/h3-5,7-16,21H,6,17-20,22-23H2,1-2H3. The monoisotopic (exact) mass is 567 g/mol. The first-order valence-electron chi connectivity index (χ1n) is 14.0. The lowest BCUT2D eigenvalue weighted by Crippen LogP contribution is -2.44. The second-order valence-corrected chi connectivity index (χ2v) is 10.3. The molecule has 0 atom stereocenters. The summed E-state index contributed by atoms with van der Waals surface area (Å²) in [5.41, 5.74) is 3.81. The number of anilines is 1. The lowest BCUT2D eigenvalue weighted by Gasteiger charge is -2.27. The molecule has 0 unspecified atom stereocenters. The third kappa shape index (κ3) is 6.91. The minimum absolute atomic E-state index is 0.0699. The van der Waals surface area contributed by atoms with E-state index in [0.717, 1.165) is 46.9 Å². The van der Waals surface area contributed by atoms with Gasteiger partial charge in [-0.2, -0.15) is 0 Å². The van der Waals surface area contributed by atoms with Crippen molar-refractivity contribution >= 4 is 17.6 Å². The van der Waals surface area contributed by atoms with Crippen molar-refractivity contribution in [2.24, 2.45) is 0 Å². The van der Waals surface area contributed by atoms with Gasteiger partial charge in [-0.15, -0.1) is 10.2 Å². The summed E-state index contributed by atoms with van der Waals surface area (Å²) in [4.78, 5) is 32.6. The highest BCUT2D eigenvalue weighted by Gasteiger charge is 2.25. The fraction of sp³-hybridized carbons (Fsp3) is 0.273. The number of carbonyl (C=O) groups excluding carboxylic acids is 2. The predicted molar refractivity (Wildman–Crippen MR) is 160 cm³/mol. The molecule has 3 aromatic carbocycles. The van der Waals surface area contributed by atoms with Crippen LogP contribution in [0.4, 0.5) is 10.2 Å². The van der Waals surface area contributed by atoms with Crippen molar-refractivity contribution in [2.45, 2.75) is 19.9 Å². The van der Waals surface area contributed by atoms with E-state index in [1.54, 1.807) is 35.1 Å². The van der Waals surface area contributed by atoms with Gasteiger partial charge in [0.15, 0.2) is 5.82 Å². The minimum atomic E-state index is -0.347. The van der Waals surface area contributed by atoms with Crippen molar-refractivity contribution in [3.8, 4) is 17.0 Å². The summed E-state index contributed by atoms with van der Waals surface area (Å²) in [5.74, 6) is 0.811. The predicted octanol–water partition coefficient (Wildman–Crippen LogP) is 4.98. The maximum absolute atomic E-state index is 13.6. The van der Waals surface area contributed by atoms with Gasteiger partial charge in [0, 0.05) is 43.9 Å². The second-order valence-electron chi connectivity index (χ2n) is 10.3. The molecule has 0 radical (unpaired) electrons. The molecule has 1 aromatic heterocycles. The largest absolute Gasteiger partial charge is 0.497 e. The van der Waals surface area contributed by atoms with E-state index >= 15 is 0 Å². The van der Waals surface area contributed by atoms with Crippen molar-refractivity contribution in [1.82, 2.24) is 20.0 Å². The Kier molecular flexibility index (Phi) is 9.06. The summed E-state index contributed by atoms with van der Waals surface area (Å²) in [6.45, 7) is 4.42. The molecule has 5 rings (SSSR count). The highest BCUT2D eigenvalue weighted by atomic mass is 19.1. The van der Waals surface area contributed by atoms with E-state index in [1.807, 2.05) is 61.5 Å². The number of amides is 2. The lowest BCUT2D eigenvalue weighted by molar-refractivity contribution is -0.131. The fourth-order valence-corrected chi connectivity index (χ4v) is 5.08. The minimum Gasteiger partial charge on any atom is -0.497 e. The first-order valence-corrected chi connectivity index (χ1v) is 14.0. The highest BCUT2D eigenvalue weighted by Crippen LogP contribution is 2.23. The molecule has 0 N–H and O–H groups in total. The highest BCUT2D eigenvalue weighted by molar-refractivity contribution is 5.97. The molecular weight excluding hydrogens is 533 g/mol. The van der Waals surface area contributed by atoms with E-state index < -0.39 is 0 Å². The van der Waals surface area contributed by atoms with E-state index in [-0.39, 0.29) is 30.7 Å². The maximum Gasteiger partial charge on any atom is 0.254 e. The number of halogens is 1. The average molecular weight is 568 g/mol. The second kappa shape index (κ2) is 13.2. The molecule has 1 aliphatic rings. The van der Waals surface area contributed by atoms with Crippen molar-refractivity contribution in [1.29, 1.82) is 0 Å². The van der Waals surface area contributed by atoms with Crippen LogP contribution in [0.3, 0.4) is 0 Å². The van der Waals surface area contributed by atoms with E-state index in [4.69, 9.17) is 4.74 Å². The van der Waals surface area contributed by atoms with Gasteiger partial charge in [-0.05, 0) is 66.9 Å². The first-order chi connectivity index (χ1) is 20.4. The molecule has 1 aliphatic heterocycles. The van der Waals surface area contributed by atoms with E-state index in [9.17, 15) is 14.0 Å². The van der Waals surface area contributed by atoms with Gasteiger partial charge in [0.25, 0.3) is 5.91 Å². The van der Waals surface area contributed by atoms with Crippen LogP contribution >= 0.6 is 0 Å². The average Bonchev–Trinajstić information content (AvgIpc) is 3.28. The van der Waals surface area contributed by atoms with E-state index in [0.29, 0.717) is 25.2 Å². The van der Waals surface area contributed by atoms with Crippen LogP contribution in [0.2, 0.25) is 0 Å². The molecule has 0 aliphatic carbocycles. The maximum atomic E-state index is 13.6. The van der Waals surface area contributed by atoms with Crippen molar-refractivity contribution < 1.29 is 18.7 Å². The molecular formula is C33H34FN5O3. The molecule has 9 heteroatoms. The number of hydrogen-bond acceptors (Lipinski definition) is 6. The van der Waals surface area contributed by atoms with Crippen LogP contribution in [0.15, 0.2) is 84.9 Å². The molecule has 0 bridgehead atoms. The number of methoxy groups -OCH3 is 1. The smallest absolute Gasteiger partial charge is 0.254 e. The normalized spacial score (nSPS) is 13.4. The molecule has 2 heterocycles. The van der Waals surface area contributed by atoms with Crippen LogP contribution in [0.5, 0.6) is 5.75 Å². The zero-order valence-corrected chi connectivity index (χ0v) is 23.9. The Labute approximate surface area is 245 Å². The molecule has 1 fully saturated rings. The topological polar surface area (TPSA) is 78.9 Å². The summed E-state index contributed by atoms with van der Waals surface area (Å²) in [6.07, 6.45) is 0.759. The van der Waals surface area contributed by atoms with Gasteiger partial charge in [-0.25, -0.2) is 4.39 Å². The number of nitrogens with zero attached hydrogens (tertiary/aromatic N) is 5. The van der Waals surface area contributed by atoms with E-state index in [2.05, 4.69) is 15.1 Å². The number of hydrogen-bond donors (Lipinski definition) is 0. The van der Waals surface area contributed by atoms with Gasteiger partial charge in [0.1, 0.15) is 18.1 Å². The summed E-state index contributed by atoms with van der Waals surface area (Å²) in [5, 5.41) is 8.89. The zero-order chi connectivity index (χ0) is 29.5. The fourth-order valence-electron chi connectivity index (χ4n) is 5.08. The van der Waals surface area contributed by atoms with Crippen LogP contribution < -0.4 is 9.64 Å². The molecule has 8 nitrogen and oxygen atoms in total. The SMILES string of the molecule is COc1cccc(-c2ccc(N3CCCN(C(=O)CN(Cc4ccc(F)cc4)C(=O)c4ccccc4C)CC3)nn2)c1. The van der Waals surface area contributed by atoms with E-state index in [1.165, 1.54) is 12.1 Å². The Bertz CT molecular complexity index is 1530. The molecule has 1 saturated heterocycles. The summed E-state index contributed by atoms with van der Waals surface area (Å²) in [6, 6.07) is 24.9. The Hall–Kier alpha value is -4.79. The van der Waals surface area contributed by atoms with Crippen LogP contribution in [-0.2, 0) is 11.3 Å². The Morgan fingerprint density at radius 2 is 1.71 bits per heavy atom. The van der Waals surface area contributed by atoms with Crippen molar-refractivity contribution in [2.75, 3.05) is 44.7 Å². The van der Waals surface area contributed by atoms with Gasteiger partial charge in [-0.3, -0.25) is 9.59 Å². The number of ether oxygens (including phenoxy) is 1. The third-order valence-electron chi connectivity index (χ3n) is 7.46. The number of benzene rings is 3. The van der Waals surface area contributed by atoms with Crippen LogP contribution in [-0.4, -0.2) is 71.6 Å². The zero-order valence-electron chi connectivity index (χ0n) is 23.9. The van der Waals surface area contributed by atoms with Crippen molar-refractivity contribution in [3.63, 3.8) is 0 Å². The van der Waals surface area contributed by atoms with Gasteiger partial charge in [-0.1, -0.05) is 42.5 Å². The number of aromatic nitrogens is 2. The number of carbonyl (C=O) groups is 2. The molecule has 0 saturated carbocycles. The third-order valence-corrected chi connectivity index (χ3v) is 7.46. The molecule has 4 aromatic rings. The van der Waals surface area contributed by atoms with Gasteiger partial charge >= 0.3 is 0 Å². The van der Waals surface area contributed by atoms with Gasteiger partial charge in [0.05, 0.1) is 12.8 Å². The van der Waals surface area contributed by atoms with Crippen LogP contribution in [0.1, 0.15) is 27.9 Å². The Morgan fingerprint density at radius 1 is 0.905 bits per heavy atom. The molecule has 0 spiro atoms. The van der Waals surface area contributed by atoms with Crippen LogP contribution in [0, 0.1) is 12.7 Å². The quantitative estimate of drug-likeness (QED) is 0.299. The van der Waals surface area contributed by atoms with Gasteiger partial charge in [0.2, 0.25) is 5.91 Å². The first kappa shape index (κ1) is 28.7. The summed E-state index contributed by atoms with van der Waals surface area (Å²) in [7, 11) is 1.63. The lowest BCUT2D eigenvalue weighted by atomic mass is 10.1. The Balaban J connectivity index is 1.26. The summed E-state index contributed by atoms with van der Waals surface area (Å²) < 4.78 is 18.8. The Morgan fingerprint density at radius 3 is 2.45 bits per heavy atom. The number of aryl methyl sites for hydroxylation is 1. The molecule has 2 amide bonds. The molecule has 216 valence electrons. The van der Waals surface area contributed by atoms with Crippen molar-refractivity contribution in [3.05, 3.63) is 107 Å². The summed E-state index contributed by atoms with van der Waals surface area (Å²) >= 11 is 0. The van der Waals surface area contributed by atoms with Crippen LogP contribution in [0.25, 0.3) is 11.3 Å².